The van der Waals surface area contributed by atoms with Gasteiger partial charge in [-0.15, -0.1) is 0 Å². The summed E-state index contributed by atoms with van der Waals surface area (Å²) in [4.78, 5) is 26.7. The first kappa shape index (κ1) is 20.0. The zero-order valence-electron chi connectivity index (χ0n) is 16.2. The molecule has 0 radical (unpaired) electrons. The maximum absolute atomic E-state index is 12.3. The van der Waals surface area contributed by atoms with Crippen molar-refractivity contribution >= 4 is 11.8 Å². The smallest absolute Gasteiger partial charge is 0.251 e. The SMILES string of the molecule is Cc1cccc(C(CNC(=O)CNC(=O)c2ccccc2)N2CCOCC2)c1. The lowest BCUT2D eigenvalue weighted by Gasteiger charge is -2.35. The molecule has 2 aromatic rings. The second kappa shape index (κ2) is 10.0. The summed E-state index contributed by atoms with van der Waals surface area (Å²) in [5.41, 5.74) is 2.91. The van der Waals surface area contributed by atoms with Crippen LogP contribution in [0.1, 0.15) is 27.5 Å². The van der Waals surface area contributed by atoms with Gasteiger partial charge in [0.05, 0.1) is 25.8 Å². The summed E-state index contributed by atoms with van der Waals surface area (Å²) in [5.74, 6) is -0.450. The summed E-state index contributed by atoms with van der Waals surface area (Å²) < 4.78 is 5.47. The molecule has 0 spiro atoms. The van der Waals surface area contributed by atoms with E-state index < -0.39 is 0 Å². The van der Waals surface area contributed by atoms with Gasteiger partial charge >= 0.3 is 0 Å². The quantitative estimate of drug-likeness (QED) is 0.769. The molecular weight excluding hydrogens is 354 g/mol. The van der Waals surface area contributed by atoms with Crippen LogP contribution in [0.2, 0.25) is 0 Å². The van der Waals surface area contributed by atoms with E-state index in [2.05, 4.69) is 40.7 Å². The fourth-order valence-electron chi connectivity index (χ4n) is 3.35. The Bertz CT molecular complexity index is 789. The van der Waals surface area contributed by atoms with Gasteiger partial charge in [-0.25, -0.2) is 0 Å². The number of aryl methyl sites for hydroxylation is 1. The average Bonchev–Trinajstić information content (AvgIpc) is 2.73. The Balaban J connectivity index is 1.56. The second-order valence-electron chi connectivity index (χ2n) is 6.93. The molecule has 1 fully saturated rings. The average molecular weight is 381 g/mol. The monoisotopic (exact) mass is 381 g/mol. The Morgan fingerprint density at radius 1 is 1.04 bits per heavy atom. The Labute approximate surface area is 165 Å². The molecule has 0 aromatic heterocycles. The van der Waals surface area contributed by atoms with E-state index in [4.69, 9.17) is 4.74 Å². The molecule has 6 nitrogen and oxygen atoms in total. The van der Waals surface area contributed by atoms with Crippen molar-refractivity contribution in [2.45, 2.75) is 13.0 Å². The molecule has 1 aliphatic heterocycles. The van der Waals surface area contributed by atoms with Crippen LogP contribution < -0.4 is 10.6 Å². The highest BCUT2D eigenvalue weighted by molar-refractivity contribution is 5.96. The van der Waals surface area contributed by atoms with Crippen LogP contribution in [0.4, 0.5) is 0 Å². The van der Waals surface area contributed by atoms with Crippen molar-refractivity contribution < 1.29 is 14.3 Å². The number of carbonyl (C=O) groups is 2. The van der Waals surface area contributed by atoms with Gasteiger partial charge in [0.2, 0.25) is 5.91 Å². The van der Waals surface area contributed by atoms with Crippen LogP contribution in [-0.4, -0.2) is 56.1 Å². The molecule has 1 saturated heterocycles. The standard InChI is InChI=1S/C22H27N3O3/c1-17-6-5-9-19(14-17)20(25-10-12-28-13-11-25)15-23-21(26)16-24-22(27)18-7-3-2-4-8-18/h2-9,14,20H,10-13,15-16H2,1H3,(H,23,26)(H,24,27). The van der Waals surface area contributed by atoms with Crippen molar-refractivity contribution in [2.75, 3.05) is 39.4 Å². The number of morpholine rings is 1. The highest BCUT2D eigenvalue weighted by Gasteiger charge is 2.23. The number of nitrogens with zero attached hydrogens (tertiary/aromatic N) is 1. The van der Waals surface area contributed by atoms with Crippen molar-refractivity contribution in [3.63, 3.8) is 0 Å². The first-order chi connectivity index (χ1) is 13.6. The van der Waals surface area contributed by atoms with Gasteiger partial charge in [-0.3, -0.25) is 14.5 Å². The highest BCUT2D eigenvalue weighted by Crippen LogP contribution is 2.22. The third kappa shape index (κ3) is 5.65. The van der Waals surface area contributed by atoms with Gasteiger partial charge in [-0.05, 0) is 24.6 Å². The predicted octanol–water partition coefficient (Wildman–Crippen LogP) is 1.91. The van der Waals surface area contributed by atoms with Gasteiger partial charge < -0.3 is 15.4 Å². The van der Waals surface area contributed by atoms with E-state index in [0.29, 0.717) is 25.3 Å². The van der Waals surface area contributed by atoms with Crippen LogP contribution in [0, 0.1) is 6.92 Å². The second-order valence-corrected chi connectivity index (χ2v) is 6.93. The number of carbonyl (C=O) groups excluding carboxylic acids is 2. The number of ether oxygens (including phenoxy) is 1. The number of nitrogens with one attached hydrogen (secondary N) is 2. The van der Waals surface area contributed by atoms with Gasteiger partial charge in [-0.2, -0.15) is 0 Å². The first-order valence-electron chi connectivity index (χ1n) is 9.62. The number of hydrogen-bond donors (Lipinski definition) is 2. The molecule has 1 atom stereocenters. The minimum atomic E-state index is -0.251. The first-order valence-corrected chi connectivity index (χ1v) is 9.62. The molecule has 148 valence electrons. The Morgan fingerprint density at radius 2 is 1.79 bits per heavy atom. The lowest BCUT2D eigenvalue weighted by atomic mass is 10.0. The van der Waals surface area contributed by atoms with E-state index in [1.54, 1.807) is 24.3 Å². The Morgan fingerprint density at radius 3 is 2.50 bits per heavy atom. The number of rotatable bonds is 7. The topological polar surface area (TPSA) is 70.7 Å². The van der Waals surface area contributed by atoms with Crippen molar-refractivity contribution in [2.24, 2.45) is 0 Å². The van der Waals surface area contributed by atoms with E-state index in [-0.39, 0.29) is 24.4 Å². The summed E-state index contributed by atoms with van der Waals surface area (Å²) in [6.07, 6.45) is 0. The number of hydrogen-bond acceptors (Lipinski definition) is 4. The maximum Gasteiger partial charge on any atom is 0.251 e. The van der Waals surface area contributed by atoms with Gasteiger partial charge in [0.15, 0.2) is 0 Å². The summed E-state index contributed by atoms with van der Waals surface area (Å²) in [6, 6.07) is 17.3. The third-order valence-electron chi connectivity index (χ3n) is 4.85. The molecule has 3 rings (SSSR count). The summed E-state index contributed by atoms with van der Waals surface area (Å²) in [7, 11) is 0. The van der Waals surface area contributed by atoms with Crippen LogP contribution in [-0.2, 0) is 9.53 Å². The van der Waals surface area contributed by atoms with Crippen molar-refractivity contribution in [3.8, 4) is 0 Å². The molecule has 28 heavy (non-hydrogen) atoms. The van der Waals surface area contributed by atoms with Crippen LogP contribution >= 0.6 is 0 Å². The third-order valence-corrected chi connectivity index (χ3v) is 4.85. The molecule has 1 heterocycles. The lowest BCUT2D eigenvalue weighted by molar-refractivity contribution is -0.120. The van der Waals surface area contributed by atoms with E-state index in [1.807, 2.05) is 12.1 Å². The molecular formula is C22H27N3O3. The molecule has 2 amide bonds. The summed E-state index contributed by atoms with van der Waals surface area (Å²) in [5, 5.41) is 5.63. The van der Waals surface area contributed by atoms with Gasteiger partial charge in [0.25, 0.3) is 5.91 Å². The molecule has 0 aliphatic carbocycles. The summed E-state index contributed by atoms with van der Waals surface area (Å²) >= 11 is 0. The van der Waals surface area contributed by atoms with Crippen LogP contribution in [0.15, 0.2) is 54.6 Å². The minimum Gasteiger partial charge on any atom is -0.379 e. The highest BCUT2D eigenvalue weighted by atomic mass is 16.5. The van der Waals surface area contributed by atoms with Crippen LogP contribution in [0.3, 0.4) is 0 Å². The van der Waals surface area contributed by atoms with Crippen LogP contribution in [0.5, 0.6) is 0 Å². The normalized spacial score (nSPS) is 15.6. The zero-order valence-corrected chi connectivity index (χ0v) is 16.2. The van der Waals surface area contributed by atoms with Gasteiger partial charge in [0, 0.05) is 25.2 Å². The molecule has 6 heteroatoms. The fraction of sp³-hybridized carbons (Fsp3) is 0.364. The maximum atomic E-state index is 12.3. The van der Waals surface area contributed by atoms with E-state index in [0.717, 1.165) is 13.1 Å². The minimum absolute atomic E-state index is 0.0443. The predicted molar refractivity (Wildman–Crippen MR) is 108 cm³/mol. The largest absolute Gasteiger partial charge is 0.379 e. The van der Waals surface area contributed by atoms with E-state index in [1.165, 1.54) is 11.1 Å². The van der Waals surface area contributed by atoms with Crippen molar-refractivity contribution in [3.05, 3.63) is 71.3 Å². The molecule has 2 aromatic carbocycles. The van der Waals surface area contributed by atoms with Gasteiger partial charge in [-0.1, -0.05) is 48.0 Å². The van der Waals surface area contributed by atoms with E-state index >= 15 is 0 Å². The Hall–Kier alpha value is -2.70. The molecule has 1 unspecified atom stereocenters. The molecule has 1 aliphatic rings. The lowest BCUT2D eigenvalue weighted by Crippen LogP contribution is -2.45. The summed E-state index contributed by atoms with van der Waals surface area (Å²) in [6.45, 7) is 5.57. The van der Waals surface area contributed by atoms with Crippen molar-refractivity contribution in [1.29, 1.82) is 0 Å². The zero-order chi connectivity index (χ0) is 19.8. The molecule has 0 bridgehead atoms. The number of benzene rings is 2. The molecule has 0 saturated carbocycles. The van der Waals surface area contributed by atoms with Crippen LogP contribution in [0.25, 0.3) is 0 Å². The van der Waals surface area contributed by atoms with Gasteiger partial charge in [0.1, 0.15) is 0 Å². The molecule has 2 N–H and O–H groups in total. The van der Waals surface area contributed by atoms with Crippen molar-refractivity contribution in [1.82, 2.24) is 15.5 Å². The number of amides is 2. The fourth-order valence-corrected chi connectivity index (χ4v) is 3.35. The van der Waals surface area contributed by atoms with E-state index in [9.17, 15) is 9.59 Å². The Kier molecular flexibility index (Phi) is 7.17.